The summed E-state index contributed by atoms with van der Waals surface area (Å²) in [5, 5.41) is 0. The number of nitrogens with one attached hydrogen (secondary N) is 1. The van der Waals surface area contributed by atoms with E-state index in [4.69, 9.17) is 0 Å². The Morgan fingerprint density at radius 3 is 2.12 bits per heavy atom. The largest absolute Gasteiger partial charge is 0.332 e. The lowest BCUT2D eigenvalue weighted by molar-refractivity contribution is 0.509. The van der Waals surface area contributed by atoms with Crippen molar-refractivity contribution in [3.8, 4) is 0 Å². The zero-order valence-corrected chi connectivity index (χ0v) is 17.8. The molecule has 1 aromatic heterocycles. The molecule has 0 aliphatic heterocycles. The summed E-state index contributed by atoms with van der Waals surface area (Å²) in [6, 6.07) is 13.0. The maximum absolute atomic E-state index is 3.93. The second-order valence-electron chi connectivity index (χ2n) is 8.28. The molecule has 3 rings (SSSR count). The van der Waals surface area contributed by atoms with E-state index >= 15 is 0 Å². The molecule has 0 amide bonds. The molecule has 3 heteroatoms. The first-order chi connectivity index (χ1) is 12.2. The molecule has 0 spiro atoms. The predicted molar refractivity (Wildman–Crippen MR) is 118 cm³/mol. The number of hydrogen-bond acceptors (Lipinski definition) is 1. The van der Waals surface area contributed by atoms with Crippen LogP contribution in [0.4, 0.5) is 0 Å². The van der Waals surface area contributed by atoms with Crippen molar-refractivity contribution in [2.75, 3.05) is 0 Å². The Kier molecular flexibility index (Phi) is 6.27. The second-order valence-corrected chi connectivity index (χ2v) is 12.6. The van der Waals surface area contributed by atoms with Crippen molar-refractivity contribution in [3.63, 3.8) is 0 Å². The summed E-state index contributed by atoms with van der Waals surface area (Å²) in [5.41, 5.74) is 4.82. The number of nitrogens with zero attached hydrogens (tertiary/aromatic N) is 1. The van der Waals surface area contributed by atoms with Crippen molar-refractivity contribution >= 4 is 13.9 Å². The summed E-state index contributed by atoms with van der Waals surface area (Å²) in [4.78, 5) is 3.93. The fourth-order valence-corrected chi connectivity index (χ4v) is 7.39. The van der Waals surface area contributed by atoms with Gasteiger partial charge in [-0.2, -0.15) is 0 Å². The minimum atomic E-state index is -1.65. The Morgan fingerprint density at radius 2 is 1.58 bits per heavy atom. The number of fused-ring (bicyclic) bond motifs is 1. The Balaban J connectivity index is 0.000000552. The van der Waals surface area contributed by atoms with Gasteiger partial charge in [0.05, 0.1) is 0 Å². The van der Waals surface area contributed by atoms with E-state index in [1.165, 1.54) is 16.8 Å². The molecule has 138 valence electrons. The molecule has 0 radical (unpaired) electrons. The first kappa shape index (κ1) is 20.2. The highest BCUT2D eigenvalue weighted by molar-refractivity contribution is 6.77. The molecule has 0 fully saturated rings. The van der Waals surface area contributed by atoms with Crippen LogP contribution >= 0.6 is 0 Å². The lowest BCUT2D eigenvalue weighted by Gasteiger charge is -2.37. The van der Waals surface area contributed by atoms with Crippen LogP contribution in [0.3, 0.4) is 0 Å². The van der Waals surface area contributed by atoms with Crippen molar-refractivity contribution in [1.29, 1.82) is 0 Å². The third-order valence-corrected chi connectivity index (χ3v) is 7.85. The molecule has 1 heterocycles. The second kappa shape index (κ2) is 8.06. The summed E-state index contributed by atoms with van der Waals surface area (Å²) < 4.78 is 2.24. The molecule has 0 bridgehead atoms. The van der Waals surface area contributed by atoms with Crippen LogP contribution in [0, 0.1) is 0 Å². The van der Waals surface area contributed by atoms with Gasteiger partial charge in [-0.1, -0.05) is 68.7 Å². The average molecular weight is 365 g/mol. The summed E-state index contributed by atoms with van der Waals surface area (Å²) in [7, 11) is -1.65. The smallest absolute Gasteiger partial charge is 0.131 e. The van der Waals surface area contributed by atoms with Gasteiger partial charge in [0.2, 0.25) is 0 Å². The van der Waals surface area contributed by atoms with E-state index in [0.717, 1.165) is 0 Å². The van der Waals surface area contributed by atoms with Crippen molar-refractivity contribution in [2.45, 2.75) is 44.9 Å². The first-order valence-electron chi connectivity index (χ1n) is 9.17. The van der Waals surface area contributed by atoms with Gasteiger partial charge in [-0.05, 0) is 38.5 Å². The number of rotatable bonds is 4. The van der Waals surface area contributed by atoms with E-state index in [9.17, 15) is 0 Å². The molecule has 1 aliphatic carbocycles. The third kappa shape index (κ3) is 4.74. The van der Waals surface area contributed by atoms with E-state index in [-0.39, 0.29) is 5.54 Å². The van der Waals surface area contributed by atoms with E-state index in [0.29, 0.717) is 5.54 Å². The summed E-state index contributed by atoms with van der Waals surface area (Å²) in [5.74, 6) is 0. The standard InChI is InChI=1S/C19H26N2Si.C4H6/c1-19(2,3)20-22(4,5)18-14-17(21-12-8-9-13-21)15-10-6-7-11-16(15)18;1-3-4-2/h6-14,18,20H,1-5H3;3-4H,1-2H2. The highest BCUT2D eigenvalue weighted by atomic mass is 28.3. The van der Waals surface area contributed by atoms with E-state index in [1.54, 1.807) is 12.2 Å². The Morgan fingerprint density at radius 1 is 1.00 bits per heavy atom. The molecule has 0 saturated carbocycles. The maximum atomic E-state index is 3.93. The van der Waals surface area contributed by atoms with Gasteiger partial charge in [0.1, 0.15) is 8.24 Å². The highest BCUT2D eigenvalue weighted by Crippen LogP contribution is 2.41. The Labute approximate surface area is 160 Å². The normalized spacial score (nSPS) is 16.2. The highest BCUT2D eigenvalue weighted by Gasteiger charge is 2.39. The molecule has 26 heavy (non-hydrogen) atoms. The molecule has 1 atom stereocenters. The summed E-state index contributed by atoms with van der Waals surface area (Å²) >= 11 is 0. The number of allylic oxidation sites excluding steroid dienone is 3. The van der Waals surface area contributed by atoms with Crippen LogP contribution in [0.5, 0.6) is 0 Å². The fraction of sp³-hybridized carbons (Fsp3) is 0.304. The van der Waals surface area contributed by atoms with Crippen LogP contribution in [0.1, 0.15) is 37.4 Å². The van der Waals surface area contributed by atoms with Crippen molar-refractivity contribution < 1.29 is 0 Å². The average Bonchev–Trinajstić information content (AvgIpc) is 3.20. The fourth-order valence-electron chi connectivity index (χ4n) is 3.70. The van der Waals surface area contributed by atoms with Crippen LogP contribution in [0.15, 0.2) is 80.2 Å². The van der Waals surface area contributed by atoms with Crippen LogP contribution in [0.25, 0.3) is 5.70 Å². The lowest BCUT2D eigenvalue weighted by atomic mass is 10.1. The minimum Gasteiger partial charge on any atom is -0.332 e. The van der Waals surface area contributed by atoms with Gasteiger partial charge in [0.15, 0.2) is 0 Å². The van der Waals surface area contributed by atoms with Gasteiger partial charge < -0.3 is 9.55 Å². The zero-order valence-electron chi connectivity index (χ0n) is 16.8. The van der Waals surface area contributed by atoms with E-state index in [1.807, 2.05) is 0 Å². The van der Waals surface area contributed by atoms with Crippen molar-refractivity contribution in [1.82, 2.24) is 9.55 Å². The van der Waals surface area contributed by atoms with Crippen LogP contribution in [-0.4, -0.2) is 18.3 Å². The van der Waals surface area contributed by atoms with Crippen molar-refractivity contribution in [2.24, 2.45) is 0 Å². The quantitative estimate of drug-likeness (QED) is 0.523. The molecular weight excluding hydrogens is 332 g/mol. The summed E-state index contributed by atoms with van der Waals surface area (Å²) in [6.45, 7) is 18.4. The number of aromatic nitrogens is 1. The lowest BCUT2D eigenvalue weighted by Crippen LogP contribution is -2.57. The van der Waals surface area contributed by atoms with Gasteiger partial charge in [-0.25, -0.2) is 0 Å². The van der Waals surface area contributed by atoms with E-state index < -0.39 is 8.24 Å². The zero-order chi connectivity index (χ0) is 19.4. The minimum absolute atomic E-state index is 0.148. The van der Waals surface area contributed by atoms with Gasteiger partial charge in [0, 0.05) is 34.7 Å². The van der Waals surface area contributed by atoms with Crippen LogP contribution in [-0.2, 0) is 0 Å². The van der Waals surface area contributed by atoms with Gasteiger partial charge >= 0.3 is 0 Å². The monoisotopic (exact) mass is 364 g/mol. The molecular formula is C23H32N2Si. The Bertz CT molecular complexity index is 771. The molecule has 1 unspecified atom stereocenters. The molecule has 2 nitrogen and oxygen atoms in total. The number of benzene rings is 1. The van der Waals surface area contributed by atoms with Crippen LogP contribution < -0.4 is 4.98 Å². The molecule has 1 aliphatic rings. The van der Waals surface area contributed by atoms with Gasteiger partial charge in [-0.15, -0.1) is 0 Å². The molecule has 2 aromatic rings. The molecule has 1 aromatic carbocycles. The predicted octanol–water partition coefficient (Wildman–Crippen LogP) is 5.97. The van der Waals surface area contributed by atoms with Crippen LogP contribution in [0.2, 0.25) is 13.1 Å². The maximum Gasteiger partial charge on any atom is 0.131 e. The van der Waals surface area contributed by atoms with Gasteiger partial charge in [-0.3, -0.25) is 0 Å². The summed E-state index contributed by atoms with van der Waals surface area (Å²) in [6.07, 6.45) is 10.0. The SMILES string of the molecule is C=CC=C.CC(C)(C)N[Si](C)(C)C1C=C(n2cccc2)c2ccccc21. The molecule has 1 N–H and O–H groups in total. The first-order valence-corrected chi connectivity index (χ1v) is 12.2. The molecule has 0 saturated heterocycles. The number of hydrogen-bond donors (Lipinski definition) is 1. The van der Waals surface area contributed by atoms with E-state index in [2.05, 4.69) is 111 Å². The third-order valence-electron chi connectivity index (χ3n) is 4.42. The van der Waals surface area contributed by atoms with Gasteiger partial charge in [0.25, 0.3) is 0 Å². The van der Waals surface area contributed by atoms with Crippen molar-refractivity contribution in [3.05, 3.63) is 91.3 Å². The Hall–Kier alpha value is -2.10. The topological polar surface area (TPSA) is 17.0 Å².